The Balaban J connectivity index is 2.79. The van der Waals surface area contributed by atoms with Gasteiger partial charge in [-0.1, -0.05) is 6.07 Å². The lowest BCUT2D eigenvalue weighted by molar-refractivity contribution is 0.0549. The molecule has 118 valence electrons. The number of nitrogen functional groups attached to an aromatic ring is 1. The molecule has 1 amide bonds. The molecule has 2 N–H and O–H groups in total. The molecule has 21 heavy (non-hydrogen) atoms. The van der Waals surface area contributed by atoms with Crippen molar-refractivity contribution in [1.82, 2.24) is 4.90 Å². The lowest BCUT2D eigenvalue weighted by Crippen LogP contribution is -2.37. The van der Waals surface area contributed by atoms with Gasteiger partial charge < -0.3 is 20.1 Å². The molecule has 0 bridgehead atoms. The van der Waals surface area contributed by atoms with Crippen LogP contribution in [0.5, 0.6) is 0 Å². The molecule has 1 aromatic carbocycles. The molecule has 0 aromatic heterocycles. The number of nitrogens with zero attached hydrogens (tertiary/aromatic N) is 1. The van der Waals surface area contributed by atoms with Gasteiger partial charge in [-0.05, 0) is 41.9 Å². The van der Waals surface area contributed by atoms with Gasteiger partial charge in [0, 0.05) is 32.0 Å². The zero-order valence-electron chi connectivity index (χ0n) is 12.6. The van der Waals surface area contributed by atoms with Crippen LogP contribution in [0, 0.1) is 0 Å². The minimum Gasteiger partial charge on any atom is -0.398 e. The number of halogens is 1. The SMILES string of the molecule is CCOCCN(CCOCC)C(=O)c1cccc(N)c1Br. The van der Waals surface area contributed by atoms with Crippen LogP contribution < -0.4 is 5.73 Å². The summed E-state index contributed by atoms with van der Waals surface area (Å²) in [6, 6.07) is 5.29. The highest BCUT2D eigenvalue weighted by molar-refractivity contribution is 9.10. The Morgan fingerprint density at radius 2 is 1.76 bits per heavy atom. The standard InChI is InChI=1S/C15H23BrN2O3/c1-3-20-10-8-18(9-11-21-4-2)15(19)12-6-5-7-13(17)14(12)16/h5-7H,3-4,8-11,17H2,1-2H3. The van der Waals surface area contributed by atoms with E-state index in [1.807, 2.05) is 13.8 Å². The molecule has 5 nitrogen and oxygen atoms in total. The molecule has 0 saturated heterocycles. The summed E-state index contributed by atoms with van der Waals surface area (Å²) in [5, 5.41) is 0. The number of carbonyl (C=O) groups excluding carboxylic acids is 1. The van der Waals surface area contributed by atoms with Crippen LogP contribution in [0.25, 0.3) is 0 Å². The van der Waals surface area contributed by atoms with Crippen molar-refractivity contribution in [3.63, 3.8) is 0 Å². The second kappa shape index (κ2) is 9.76. The summed E-state index contributed by atoms with van der Waals surface area (Å²) in [5.41, 5.74) is 6.94. The van der Waals surface area contributed by atoms with Crippen LogP contribution in [0.15, 0.2) is 22.7 Å². The molecule has 0 heterocycles. The van der Waals surface area contributed by atoms with E-state index in [4.69, 9.17) is 15.2 Å². The lowest BCUT2D eigenvalue weighted by atomic mass is 10.1. The number of carbonyl (C=O) groups is 1. The predicted molar refractivity (Wildman–Crippen MR) is 87.4 cm³/mol. The van der Waals surface area contributed by atoms with Crippen molar-refractivity contribution in [2.75, 3.05) is 45.3 Å². The van der Waals surface area contributed by atoms with Gasteiger partial charge in [0.15, 0.2) is 0 Å². The maximum atomic E-state index is 12.6. The van der Waals surface area contributed by atoms with Crippen molar-refractivity contribution >= 4 is 27.5 Å². The molecule has 0 fully saturated rings. The van der Waals surface area contributed by atoms with E-state index in [-0.39, 0.29) is 5.91 Å². The first-order chi connectivity index (χ1) is 10.1. The summed E-state index contributed by atoms with van der Waals surface area (Å²) in [6.07, 6.45) is 0. The normalized spacial score (nSPS) is 10.6. The third kappa shape index (κ3) is 5.65. The first-order valence-electron chi connectivity index (χ1n) is 7.10. The molecular formula is C15H23BrN2O3. The van der Waals surface area contributed by atoms with Gasteiger partial charge in [0.1, 0.15) is 0 Å². The van der Waals surface area contributed by atoms with Crippen LogP contribution in [0.2, 0.25) is 0 Å². The van der Waals surface area contributed by atoms with E-state index < -0.39 is 0 Å². The smallest absolute Gasteiger partial charge is 0.255 e. The molecule has 0 unspecified atom stereocenters. The summed E-state index contributed by atoms with van der Waals surface area (Å²) in [7, 11) is 0. The maximum absolute atomic E-state index is 12.6. The van der Waals surface area contributed by atoms with Gasteiger partial charge in [0.05, 0.1) is 23.2 Å². The molecule has 0 spiro atoms. The van der Waals surface area contributed by atoms with Gasteiger partial charge in [-0.2, -0.15) is 0 Å². The second-order valence-electron chi connectivity index (χ2n) is 4.39. The fraction of sp³-hybridized carbons (Fsp3) is 0.533. The van der Waals surface area contributed by atoms with Crippen LogP contribution in [0.1, 0.15) is 24.2 Å². The number of nitrogens with two attached hydrogens (primary N) is 1. The van der Waals surface area contributed by atoms with Crippen molar-refractivity contribution in [2.24, 2.45) is 0 Å². The van der Waals surface area contributed by atoms with E-state index in [0.29, 0.717) is 55.2 Å². The number of ether oxygens (including phenoxy) is 2. The van der Waals surface area contributed by atoms with E-state index >= 15 is 0 Å². The van der Waals surface area contributed by atoms with E-state index in [1.165, 1.54) is 0 Å². The summed E-state index contributed by atoms with van der Waals surface area (Å²) in [5.74, 6) is -0.0754. The Bertz CT molecular complexity index is 445. The predicted octanol–water partition coefficient (Wildman–Crippen LogP) is 2.55. The van der Waals surface area contributed by atoms with E-state index in [1.54, 1.807) is 23.1 Å². The van der Waals surface area contributed by atoms with Crippen molar-refractivity contribution in [2.45, 2.75) is 13.8 Å². The lowest BCUT2D eigenvalue weighted by Gasteiger charge is -2.23. The molecule has 0 aliphatic rings. The third-order valence-corrected chi connectivity index (χ3v) is 3.85. The Hall–Kier alpha value is -1.11. The average molecular weight is 359 g/mol. The Morgan fingerprint density at radius 3 is 2.29 bits per heavy atom. The zero-order valence-corrected chi connectivity index (χ0v) is 14.2. The Labute approximate surface area is 134 Å². The van der Waals surface area contributed by atoms with Crippen molar-refractivity contribution < 1.29 is 14.3 Å². The third-order valence-electron chi connectivity index (χ3n) is 2.97. The van der Waals surface area contributed by atoms with Gasteiger partial charge >= 0.3 is 0 Å². The van der Waals surface area contributed by atoms with Crippen molar-refractivity contribution in [3.05, 3.63) is 28.2 Å². The second-order valence-corrected chi connectivity index (χ2v) is 5.19. The number of rotatable bonds is 9. The van der Waals surface area contributed by atoms with Crippen LogP contribution >= 0.6 is 15.9 Å². The zero-order chi connectivity index (χ0) is 15.7. The number of amides is 1. The van der Waals surface area contributed by atoms with Crippen molar-refractivity contribution in [1.29, 1.82) is 0 Å². The molecule has 0 atom stereocenters. The number of hydrogen-bond donors (Lipinski definition) is 1. The summed E-state index contributed by atoms with van der Waals surface area (Å²) in [4.78, 5) is 14.4. The molecule has 0 radical (unpaired) electrons. The molecule has 1 aromatic rings. The molecule has 1 rings (SSSR count). The van der Waals surface area contributed by atoms with Gasteiger partial charge in [-0.15, -0.1) is 0 Å². The van der Waals surface area contributed by atoms with E-state index in [2.05, 4.69) is 15.9 Å². The summed E-state index contributed by atoms with van der Waals surface area (Å²) < 4.78 is 11.3. The van der Waals surface area contributed by atoms with Crippen LogP contribution in [-0.2, 0) is 9.47 Å². The van der Waals surface area contributed by atoms with Gasteiger partial charge in [0.25, 0.3) is 5.91 Å². The highest BCUT2D eigenvalue weighted by atomic mass is 79.9. The summed E-state index contributed by atoms with van der Waals surface area (Å²) in [6.45, 7) is 7.21. The Morgan fingerprint density at radius 1 is 1.19 bits per heavy atom. The minimum absolute atomic E-state index is 0.0754. The monoisotopic (exact) mass is 358 g/mol. The Kier molecular flexibility index (Phi) is 8.34. The highest BCUT2D eigenvalue weighted by Gasteiger charge is 2.18. The molecule has 0 aliphatic heterocycles. The quantitative estimate of drug-likeness (QED) is 0.544. The minimum atomic E-state index is -0.0754. The summed E-state index contributed by atoms with van der Waals surface area (Å²) >= 11 is 3.38. The first-order valence-corrected chi connectivity index (χ1v) is 7.89. The van der Waals surface area contributed by atoms with Crippen LogP contribution in [0.4, 0.5) is 5.69 Å². The largest absolute Gasteiger partial charge is 0.398 e. The highest BCUT2D eigenvalue weighted by Crippen LogP contribution is 2.24. The fourth-order valence-electron chi connectivity index (χ4n) is 1.84. The van der Waals surface area contributed by atoms with Crippen molar-refractivity contribution in [3.8, 4) is 0 Å². The van der Waals surface area contributed by atoms with Crippen LogP contribution in [0.3, 0.4) is 0 Å². The number of benzene rings is 1. The van der Waals surface area contributed by atoms with Gasteiger partial charge in [0.2, 0.25) is 0 Å². The molecule has 0 saturated carbocycles. The first kappa shape index (κ1) is 17.9. The molecule has 6 heteroatoms. The molecule has 0 aliphatic carbocycles. The topological polar surface area (TPSA) is 64.8 Å². The fourth-order valence-corrected chi connectivity index (χ4v) is 2.27. The van der Waals surface area contributed by atoms with Gasteiger partial charge in [-0.3, -0.25) is 4.79 Å². The van der Waals surface area contributed by atoms with Crippen LogP contribution in [-0.4, -0.2) is 50.3 Å². The maximum Gasteiger partial charge on any atom is 0.255 e. The average Bonchev–Trinajstić information content (AvgIpc) is 2.48. The van der Waals surface area contributed by atoms with E-state index in [9.17, 15) is 4.79 Å². The number of hydrogen-bond acceptors (Lipinski definition) is 4. The van der Waals surface area contributed by atoms with E-state index in [0.717, 1.165) is 0 Å². The van der Waals surface area contributed by atoms with Gasteiger partial charge in [-0.25, -0.2) is 0 Å². The number of anilines is 1. The molecular weight excluding hydrogens is 336 g/mol.